The smallest absolute Gasteiger partial charge is 0.387 e. The van der Waals surface area contributed by atoms with Gasteiger partial charge in [-0.25, -0.2) is 0 Å². The molecule has 0 spiro atoms. The van der Waals surface area contributed by atoms with Crippen molar-refractivity contribution < 1.29 is 18.3 Å². The monoisotopic (exact) mass is 345 g/mol. The lowest BCUT2D eigenvalue weighted by molar-refractivity contribution is -0.111. The summed E-state index contributed by atoms with van der Waals surface area (Å²) in [5.74, 6) is 0.128. The van der Waals surface area contributed by atoms with E-state index in [1.807, 2.05) is 25.1 Å². The SMILES string of the molecule is Cc1cccc(C(C)C)c1NC(=O)C=Cc1ccc(OC(F)F)cc1. The van der Waals surface area contributed by atoms with Crippen molar-refractivity contribution in [2.75, 3.05) is 5.32 Å². The normalized spacial score (nSPS) is 11.3. The summed E-state index contributed by atoms with van der Waals surface area (Å²) in [6.07, 6.45) is 3.04. The largest absolute Gasteiger partial charge is 0.435 e. The number of aryl methyl sites for hydroxylation is 1. The molecule has 1 amide bonds. The molecule has 2 aromatic rings. The Bertz CT molecular complexity index is 753. The molecule has 3 nitrogen and oxygen atoms in total. The van der Waals surface area contributed by atoms with Crippen LogP contribution >= 0.6 is 0 Å². The number of ether oxygens (including phenoxy) is 1. The van der Waals surface area contributed by atoms with Crippen molar-refractivity contribution in [2.45, 2.75) is 33.3 Å². The Morgan fingerprint density at radius 2 is 1.80 bits per heavy atom. The maximum Gasteiger partial charge on any atom is 0.387 e. The Morgan fingerprint density at radius 1 is 1.12 bits per heavy atom. The Hall–Kier alpha value is -2.69. The van der Waals surface area contributed by atoms with Gasteiger partial charge in [-0.3, -0.25) is 4.79 Å². The van der Waals surface area contributed by atoms with Crippen LogP contribution in [0, 0.1) is 6.92 Å². The van der Waals surface area contributed by atoms with E-state index in [1.54, 1.807) is 18.2 Å². The maximum atomic E-state index is 12.2. The van der Waals surface area contributed by atoms with Crippen molar-refractivity contribution in [3.8, 4) is 5.75 Å². The van der Waals surface area contributed by atoms with Crippen molar-refractivity contribution in [1.82, 2.24) is 0 Å². The number of amides is 1. The van der Waals surface area contributed by atoms with E-state index in [-0.39, 0.29) is 11.7 Å². The molecule has 2 rings (SSSR count). The molecule has 0 heterocycles. The summed E-state index contributed by atoms with van der Waals surface area (Å²) in [7, 11) is 0. The number of benzene rings is 2. The summed E-state index contributed by atoms with van der Waals surface area (Å²) < 4.78 is 28.5. The number of carbonyl (C=O) groups excluding carboxylic acids is 1. The Kier molecular flexibility index (Phi) is 6.28. The molecule has 0 fully saturated rings. The fraction of sp³-hybridized carbons (Fsp3) is 0.250. The molecule has 0 radical (unpaired) electrons. The van der Waals surface area contributed by atoms with Crippen molar-refractivity contribution in [2.24, 2.45) is 0 Å². The minimum Gasteiger partial charge on any atom is -0.435 e. The van der Waals surface area contributed by atoms with Crippen LogP contribution in [0.5, 0.6) is 5.75 Å². The quantitative estimate of drug-likeness (QED) is 0.715. The first-order chi connectivity index (χ1) is 11.9. The lowest BCUT2D eigenvalue weighted by atomic mass is 9.98. The number of nitrogens with one attached hydrogen (secondary N) is 1. The number of para-hydroxylation sites is 1. The van der Waals surface area contributed by atoms with Crippen LogP contribution in [0.25, 0.3) is 6.08 Å². The van der Waals surface area contributed by atoms with Crippen LogP contribution in [0.15, 0.2) is 48.5 Å². The van der Waals surface area contributed by atoms with Crippen molar-refractivity contribution in [3.05, 3.63) is 65.2 Å². The summed E-state index contributed by atoms with van der Waals surface area (Å²) in [5.41, 5.74) is 3.62. The summed E-state index contributed by atoms with van der Waals surface area (Å²) >= 11 is 0. The molecule has 132 valence electrons. The van der Waals surface area contributed by atoms with E-state index in [0.717, 1.165) is 16.8 Å². The number of halogens is 2. The van der Waals surface area contributed by atoms with Gasteiger partial charge in [-0.05, 0) is 47.7 Å². The zero-order chi connectivity index (χ0) is 18.4. The molecule has 1 N–H and O–H groups in total. The Balaban J connectivity index is 2.07. The van der Waals surface area contributed by atoms with E-state index >= 15 is 0 Å². The third kappa shape index (κ3) is 5.41. The molecule has 0 atom stereocenters. The number of carbonyl (C=O) groups is 1. The first kappa shape index (κ1) is 18.6. The van der Waals surface area contributed by atoms with Gasteiger partial charge in [-0.15, -0.1) is 0 Å². The van der Waals surface area contributed by atoms with Gasteiger partial charge in [0.1, 0.15) is 5.75 Å². The number of hydrogen-bond donors (Lipinski definition) is 1. The van der Waals surface area contributed by atoms with E-state index in [0.29, 0.717) is 11.5 Å². The molecular formula is C20H21F2NO2. The second-order valence-electron chi connectivity index (χ2n) is 5.96. The fourth-order valence-electron chi connectivity index (χ4n) is 2.44. The van der Waals surface area contributed by atoms with Crippen LogP contribution in [0.3, 0.4) is 0 Å². The first-order valence-electron chi connectivity index (χ1n) is 8.00. The Labute approximate surface area is 146 Å². The first-order valence-corrected chi connectivity index (χ1v) is 8.00. The van der Waals surface area contributed by atoms with E-state index < -0.39 is 6.61 Å². The summed E-state index contributed by atoms with van der Waals surface area (Å²) in [4.78, 5) is 12.2. The summed E-state index contributed by atoms with van der Waals surface area (Å²) in [6.45, 7) is 3.25. The van der Waals surface area contributed by atoms with Crippen LogP contribution in [0.2, 0.25) is 0 Å². The van der Waals surface area contributed by atoms with Crippen LogP contribution in [-0.4, -0.2) is 12.5 Å². The molecule has 0 aliphatic heterocycles. The van der Waals surface area contributed by atoms with E-state index in [1.165, 1.54) is 18.2 Å². The molecule has 0 aliphatic carbocycles. The highest BCUT2D eigenvalue weighted by atomic mass is 19.3. The average Bonchev–Trinajstić information content (AvgIpc) is 2.55. The number of alkyl halides is 2. The van der Waals surface area contributed by atoms with Gasteiger partial charge in [0.25, 0.3) is 0 Å². The number of rotatable bonds is 6. The van der Waals surface area contributed by atoms with Gasteiger partial charge in [0.05, 0.1) is 0 Å². The second kappa shape index (κ2) is 8.42. The molecular weight excluding hydrogens is 324 g/mol. The predicted octanol–water partition coefficient (Wildman–Crippen LogP) is 5.37. The third-order valence-electron chi connectivity index (χ3n) is 3.71. The van der Waals surface area contributed by atoms with Gasteiger partial charge >= 0.3 is 6.61 Å². The summed E-state index contributed by atoms with van der Waals surface area (Å²) in [5, 5.41) is 2.92. The molecule has 0 bridgehead atoms. The molecule has 5 heteroatoms. The third-order valence-corrected chi connectivity index (χ3v) is 3.71. The lowest BCUT2D eigenvalue weighted by Crippen LogP contribution is -2.11. The van der Waals surface area contributed by atoms with Crippen molar-refractivity contribution >= 4 is 17.7 Å². The molecule has 0 unspecified atom stereocenters. The minimum atomic E-state index is -2.85. The van der Waals surface area contributed by atoms with Crippen LogP contribution in [0.4, 0.5) is 14.5 Å². The highest BCUT2D eigenvalue weighted by molar-refractivity contribution is 6.02. The van der Waals surface area contributed by atoms with Crippen LogP contribution < -0.4 is 10.1 Å². The van der Waals surface area contributed by atoms with E-state index in [2.05, 4.69) is 23.9 Å². The number of anilines is 1. The molecule has 0 aromatic heterocycles. The maximum absolute atomic E-state index is 12.2. The highest BCUT2D eigenvalue weighted by Crippen LogP contribution is 2.27. The Morgan fingerprint density at radius 3 is 2.40 bits per heavy atom. The van der Waals surface area contributed by atoms with Gasteiger partial charge in [0.2, 0.25) is 5.91 Å². The molecule has 0 saturated heterocycles. The van der Waals surface area contributed by atoms with Crippen molar-refractivity contribution in [3.63, 3.8) is 0 Å². The summed E-state index contributed by atoms with van der Waals surface area (Å²) in [6, 6.07) is 12.0. The molecule has 0 aliphatic rings. The van der Waals surface area contributed by atoms with Crippen LogP contribution in [0.1, 0.15) is 36.5 Å². The fourth-order valence-corrected chi connectivity index (χ4v) is 2.44. The second-order valence-corrected chi connectivity index (χ2v) is 5.96. The molecule has 0 saturated carbocycles. The molecule has 2 aromatic carbocycles. The topological polar surface area (TPSA) is 38.3 Å². The van der Waals surface area contributed by atoms with Crippen LogP contribution in [-0.2, 0) is 4.79 Å². The van der Waals surface area contributed by atoms with Gasteiger partial charge < -0.3 is 10.1 Å². The highest BCUT2D eigenvalue weighted by Gasteiger charge is 2.10. The molecule has 25 heavy (non-hydrogen) atoms. The van der Waals surface area contributed by atoms with E-state index in [4.69, 9.17) is 0 Å². The van der Waals surface area contributed by atoms with Crippen molar-refractivity contribution in [1.29, 1.82) is 0 Å². The lowest BCUT2D eigenvalue weighted by Gasteiger charge is -2.15. The predicted molar refractivity (Wildman–Crippen MR) is 96.0 cm³/mol. The van der Waals surface area contributed by atoms with E-state index in [9.17, 15) is 13.6 Å². The average molecular weight is 345 g/mol. The zero-order valence-electron chi connectivity index (χ0n) is 14.4. The van der Waals surface area contributed by atoms with Gasteiger partial charge in [0.15, 0.2) is 0 Å². The van der Waals surface area contributed by atoms with Gasteiger partial charge in [-0.1, -0.05) is 44.2 Å². The minimum absolute atomic E-state index is 0.0816. The standard InChI is InChI=1S/C20H21F2NO2/c1-13(2)17-6-4-5-14(3)19(17)23-18(24)12-9-15-7-10-16(11-8-15)25-20(21)22/h4-13,20H,1-3H3,(H,23,24). The van der Waals surface area contributed by atoms with Gasteiger partial charge in [0, 0.05) is 11.8 Å². The van der Waals surface area contributed by atoms with Gasteiger partial charge in [-0.2, -0.15) is 8.78 Å². The number of hydrogen-bond acceptors (Lipinski definition) is 2. The zero-order valence-corrected chi connectivity index (χ0v) is 14.4.